The minimum absolute atomic E-state index is 0.0498. The van der Waals surface area contributed by atoms with Crippen molar-refractivity contribution in [1.29, 1.82) is 0 Å². The third-order valence-electron chi connectivity index (χ3n) is 8.65. The van der Waals surface area contributed by atoms with E-state index >= 15 is 0 Å². The molecule has 3 atom stereocenters. The van der Waals surface area contributed by atoms with E-state index in [-0.39, 0.29) is 37.4 Å². The Morgan fingerprint density at radius 2 is 1.98 bits per heavy atom. The van der Waals surface area contributed by atoms with Crippen molar-refractivity contribution in [1.82, 2.24) is 4.90 Å². The molecule has 3 aliphatic rings. The molecule has 0 bridgehead atoms. The zero-order valence-electron chi connectivity index (χ0n) is 23.8. The Morgan fingerprint density at radius 3 is 2.73 bits per heavy atom. The number of aliphatic hydroxyl groups is 2. The molecule has 2 fully saturated rings. The van der Waals surface area contributed by atoms with Crippen LogP contribution in [0.15, 0.2) is 54.6 Å². The molecule has 0 saturated carbocycles. The first kappa shape index (κ1) is 28.8. The lowest BCUT2D eigenvalue weighted by atomic mass is 9.83. The number of fused-ring (bicyclic) bond motifs is 1. The van der Waals surface area contributed by atoms with Crippen molar-refractivity contribution in [2.24, 2.45) is 5.92 Å². The summed E-state index contributed by atoms with van der Waals surface area (Å²) in [4.78, 5) is 44.3. The fraction of sp³-hybridized carbons (Fsp3) is 0.469. The molecule has 2 aromatic carbocycles. The zero-order valence-corrected chi connectivity index (χ0v) is 23.8. The van der Waals surface area contributed by atoms with E-state index in [0.29, 0.717) is 36.5 Å². The van der Waals surface area contributed by atoms with Crippen LogP contribution in [-0.2, 0) is 26.5 Å². The highest BCUT2D eigenvalue weighted by molar-refractivity contribution is 6.07. The van der Waals surface area contributed by atoms with Crippen LogP contribution in [0.4, 0.5) is 11.4 Å². The lowest BCUT2D eigenvalue weighted by Gasteiger charge is -2.29. The summed E-state index contributed by atoms with van der Waals surface area (Å²) in [7, 11) is 1.54. The molecule has 0 radical (unpaired) electrons. The summed E-state index contributed by atoms with van der Waals surface area (Å²) in [6.07, 6.45) is 7.61. The second-order valence-electron chi connectivity index (χ2n) is 11.2. The first-order valence-electron chi connectivity index (χ1n) is 14.5. The van der Waals surface area contributed by atoms with Crippen LogP contribution in [0.25, 0.3) is 0 Å². The lowest BCUT2D eigenvalue weighted by Crippen LogP contribution is -2.44. The molecule has 2 aromatic rings. The molecular weight excluding hydrogens is 522 g/mol. The highest BCUT2D eigenvalue weighted by atomic mass is 16.5. The maximum atomic E-state index is 14.0. The Kier molecular flexibility index (Phi) is 8.47. The number of methoxy groups -OCH3 is 1. The number of hydrogen-bond donors (Lipinski definition) is 2. The van der Waals surface area contributed by atoms with Gasteiger partial charge in [-0.1, -0.05) is 31.2 Å². The quantitative estimate of drug-likeness (QED) is 0.454. The number of carbonyl (C=O) groups is 3. The van der Waals surface area contributed by atoms with Crippen LogP contribution >= 0.6 is 0 Å². The number of aliphatic hydroxyl groups excluding tert-OH is 1. The van der Waals surface area contributed by atoms with Crippen LogP contribution in [0.2, 0.25) is 0 Å². The summed E-state index contributed by atoms with van der Waals surface area (Å²) in [5, 5.41) is 21.6. The Hall–Kier alpha value is -3.69. The number of likely N-dealkylation sites (tertiary alicyclic amines) is 1. The molecule has 3 amide bonds. The van der Waals surface area contributed by atoms with Gasteiger partial charge < -0.3 is 29.6 Å². The Labute approximate surface area is 241 Å². The Balaban J connectivity index is 1.38. The van der Waals surface area contributed by atoms with E-state index in [1.807, 2.05) is 24.3 Å². The maximum Gasteiger partial charge on any atom is 0.264 e. The summed E-state index contributed by atoms with van der Waals surface area (Å²) < 4.78 is 5.42. The van der Waals surface area contributed by atoms with E-state index in [1.165, 1.54) is 7.11 Å². The molecule has 0 aromatic heterocycles. The van der Waals surface area contributed by atoms with Gasteiger partial charge in [0.1, 0.15) is 5.75 Å². The molecule has 2 N–H and O–H groups in total. The molecule has 3 aliphatic heterocycles. The maximum absolute atomic E-state index is 14.0. The molecule has 218 valence electrons. The van der Waals surface area contributed by atoms with Crippen LogP contribution in [0.5, 0.6) is 5.75 Å². The van der Waals surface area contributed by atoms with Crippen LogP contribution in [0.1, 0.15) is 56.6 Å². The SMILES string of the molecule is COc1ccc2c(c1)[C@](O)([C@@H](C)/C=C/CC(=O)N1CCC[C@H]1CO)C(=O)N2Cc1cccc(N2CCCCC2=O)c1. The van der Waals surface area contributed by atoms with E-state index in [9.17, 15) is 24.6 Å². The second kappa shape index (κ2) is 12.0. The van der Waals surface area contributed by atoms with Gasteiger partial charge in [-0.15, -0.1) is 0 Å². The first-order chi connectivity index (χ1) is 19.8. The Morgan fingerprint density at radius 1 is 1.15 bits per heavy atom. The minimum Gasteiger partial charge on any atom is -0.497 e. The molecule has 5 rings (SSSR count). The van der Waals surface area contributed by atoms with Gasteiger partial charge in [0.25, 0.3) is 5.91 Å². The van der Waals surface area contributed by atoms with Gasteiger partial charge >= 0.3 is 0 Å². The van der Waals surface area contributed by atoms with Crippen molar-refractivity contribution < 1.29 is 29.3 Å². The third kappa shape index (κ3) is 5.48. The molecule has 0 unspecified atom stereocenters. The molecule has 9 heteroatoms. The van der Waals surface area contributed by atoms with Gasteiger partial charge in [-0.05, 0) is 61.6 Å². The van der Waals surface area contributed by atoms with Gasteiger partial charge in [0.15, 0.2) is 5.60 Å². The van der Waals surface area contributed by atoms with E-state index < -0.39 is 17.4 Å². The summed E-state index contributed by atoms with van der Waals surface area (Å²) in [6.45, 7) is 3.25. The minimum atomic E-state index is -1.86. The molecule has 2 saturated heterocycles. The van der Waals surface area contributed by atoms with Crippen molar-refractivity contribution in [3.8, 4) is 5.75 Å². The van der Waals surface area contributed by atoms with Crippen molar-refractivity contribution in [2.45, 2.75) is 63.6 Å². The average Bonchev–Trinajstić information content (AvgIpc) is 3.55. The lowest BCUT2D eigenvalue weighted by molar-refractivity contribution is -0.139. The zero-order chi connectivity index (χ0) is 29.1. The van der Waals surface area contributed by atoms with Crippen LogP contribution in [0, 0.1) is 5.92 Å². The van der Waals surface area contributed by atoms with Gasteiger partial charge in [-0.2, -0.15) is 0 Å². The summed E-state index contributed by atoms with van der Waals surface area (Å²) in [5.41, 5.74) is 0.847. The van der Waals surface area contributed by atoms with Crippen LogP contribution in [0.3, 0.4) is 0 Å². The van der Waals surface area contributed by atoms with Crippen molar-refractivity contribution in [2.75, 3.05) is 36.6 Å². The highest BCUT2D eigenvalue weighted by Crippen LogP contribution is 2.47. The second-order valence-corrected chi connectivity index (χ2v) is 11.2. The number of nitrogens with zero attached hydrogens (tertiary/aromatic N) is 3. The number of anilines is 2. The predicted molar refractivity (Wildman–Crippen MR) is 155 cm³/mol. The molecule has 9 nitrogen and oxygen atoms in total. The molecular formula is C32H39N3O6. The number of rotatable bonds is 9. The third-order valence-corrected chi connectivity index (χ3v) is 8.65. The summed E-state index contributed by atoms with van der Waals surface area (Å²) in [5.74, 6) is -0.539. The van der Waals surface area contributed by atoms with Gasteiger partial charge in [0.05, 0.1) is 32.0 Å². The molecule has 0 spiro atoms. The molecule has 41 heavy (non-hydrogen) atoms. The smallest absolute Gasteiger partial charge is 0.264 e. The van der Waals surface area contributed by atoms with E-state index in [1.54, 1.807) is 52.0 Å². The van der Waals surface area contributed by atoms with E-state index in [0.717, 1.165) is 36.9 Å². The van der Waals surface area contributed by atoms with Crippen molar-refractivity contribution in [3.05, 3.63) is 65.7 Å². The van der Waals surface area contributed by atoms with Crippen molar-refractivity contribution >= 4 is 29.1 Å². The van der Waals surface area contributed by atoms with Gasteiger partial charge in [0, 0.05) is 43.1 Å². The predicted octanol–water partition coefficient (Wildman–Crippen LogP) is 3.51. The van der Waals surface area contributed by atoms with Crippen molar-refractivity contribution in [3.63, 3.8) is 0 Å². The van der Waals surface area contributed by atoms with Gasteiger partial charge in [0.2, 0.25) is 11.8 Å². The van der Waals surface area contributed by atoms with Gasteiger partial charge in [-0.25, -0.2) is 0 Å². The number of benzene rings is 2. The number of carbonyl (C=O) groups excluding carboxylic acids is 3. The Bertz CT molecular complexity index is 1340. The number of piperidine rings is 1. The monoisotopic (exact) mass is 561 g/mol. The normalized spacial score (nSPS) is 23.4. The highest BCUT2D eigenvalue weighted by Gasteiger charge is 2.52. The fourth-order valence-electron chi connectivity index (χ4n) is 6.28. The van der Waals surface area contributed by atoms with E-state index in [4.69, 9.17) is 4.74 Å². The first-order valence-corrected chi connectivity index (χ1v) is 14.5. The molecule has 0 aliphatic carbocycles. The van der Waals surface area contributed by atoms with E-state index in [2.05, 4.69) is 0 Å². The summed E-state index contributed by atoms with van der Waals surface area (Å²) >= 11 is 0. The van der Waals surface area contributed by atoms with Crippen LogP contribution in [-0.4, -0.2) is 65.7 Å². The largest absolute Gasteiger partial charge is 0.497 e. The fourth-order valence-corrected chi connectivity index (χ4v) is 6.28. The van der Waals surface area contributed by atoms with Gasteiger partial charge in [-0.3, -0.25) is 14.4 Å². The number of amides is 3. The topological polar surface area (TPSA) is 111 Å². The standard InChI is InChI=1S/C32H39N3O6/c1-22(8-5-13-30(38)34-17-7-11-25(34)21-36)32(40)27-19-26(41-2)14-15-28(27)35(31(32)39)20-23-9-6-10-24(18-23)33-16-4-3-12-29(33)37/h5-6,8-10,14-15,18-19,22,25,36,40H,3-4,7,11-13,16-17,20-21H2,1-2H3/b8-5+/t22-,25-,32+/m0/s1. The number of hydrogen-bond acceptors (Lipinski definition) is 6. The summed E-state index contributed by atoms with van der Waals surface area (Å²) in [6, 6.07) is 12.7. The molecule has 3 heterocycles. The average molecular weight is 562 g/mol. The number of ether oxygens (including phenoxy) is 1. The van der Waals surface area contributed by atoms with Crippen LogP contribution < -0.4 is 14.5 Å².